The first-order valence-electron chi connectivity index (χ1n) is 11.0. The molecule has 0 bridgehead atoms. The summed E-state index contributed by atoms with van der Waals surface area (Å²) in [7, 11) is 0. The van der Waals surface area contributed by atoms with Crippen LogP contribution in [0.5, 0.6) is 0 Å². The van der Waals surface area contributed by atoms with Crippen molar-refractivity contribution in [3.63, 3.8) is 0 Å². The van der Waals surface area contributed by atoms with Gasteiger partial charge in [0, 0.05) is 38.9 Å². The fourth-order valence-corrected chi connectivity index (χ4v) is 3.18. The van der Waals surface area contributed by atoms with Crippen molar-refractivity contribution in [2.24, 2.45) is 0 Å². The van der Waals surface area contributed by atoms with Crippen molar-refractivity contribution >= 4 is 0 Å². The molecular weight excluding hydrogens is 724 g/mol. The zero-order valence-electron chi connectivity index (χ0n) is 20.1. The standard InChI is InChI=1S/C17H12F4N3.C8H4F3N4.Ir/c1-16(18,19)17(20,21)15-23-22-14(12-8-4-2-5-9-12)24(15)13-10-6-3-7-11-13;9-8(10,11)7-13-6(14-15-7)5-3-1-2-4-12-5;/h2-8,10-11H,1H3;1-4H;/q2*-1;. The summed E-state index contributed by atoms with van der Waals surface area (Å²) < 4.78 is 92.7. The van der Waals surface area contributed by atoms with E-state index < -0.39 is 29.7 Å². The minimum Gasteiger partial charge on any atom is -0.413 e. The van der Waals surface area contributed by atoms with Gasteiger partial charge in [-0.3, -0.25) is 10.1 Å². The quantitative estimate of drug-likeness (QED) is 0.163. The van der Waals surface area contributed by atoms with Gasteiger partial charge < -0.3 is 14.6 Å². The van der Waals surface area contributed by atoms with Crippen molar-refractivity contribution in [1.82, 2.24) is 34.9 Å². The molecule has 0 saturated carbocycles. The van der Waals surface area contributed by atoms with Gasteiger partial charge in [0.2, 0.25) is 5.82 Å². The van der Waals surface area contributed by atoms with Crippen molar-refractivity contribution in [3.05, 3.63) is 96.7 Å². The maximum absolute atomic E-state index is 14.3. The smallest absolute Gasteiger partial charge is 0.413 e. The van der Waals surface area contributed by atoms with Crippen LogP contribution in [0.1, 0.15) is 18.6 Å². The molecule has 7 nitrogen and oxygen atoms in total. The summed E-state index contributed by atoms with van der Waals surface area (Å²) in [6, 6.07) is 22.1. The second-order valence-electron chi connectivity index (χ2n) is 7.93. The zero-order chi connectivity index (χ0) is 28.3. The van der Waals surface area contributed by atoms with E-state index in [1.54, 1.807) is 54.6 Å². The van der Waals surface area contributed by atoms with Crippen LogP contribution < -0.4 is 5.10 Å². The predicted molar refractivity (Wildman–Crippen MR) is 124 cm³/mol. The third-order valence-electron chi connectivity index (χ3n) is 5.06. The summed E-state index contributed by atoms with van der Waals surface area (Å²) in [4.78, 5) is 7.05. The molecule has 0 unspecified atom stereocenters. The molecule has 0 atom stereocenters. The van der Waals surface area contributed by atoms with Crippen molar-refractivity contribution in [1.29, 1.82) is 0 Å². The van der Waals surface area contributed by atoms with E-state index >= 15 is 0 Å². The molecule has 15 heteroatoms. The molecule has 5 aromatic rings. The first-order valence-corrected chi connectivity index (χ1v) is 11.0. The SMILES string of the molecule is CC(F)(F)C(F)(F)c1nnc(-c2[c-]cccc2)n1-c1ccccc1.FC(F)(F)c1n[n-]c(-c2ccccn2)n1.[Ir]. The van der Waals surface area contributed by atoms with Gasteiger partial charge in [0.15, 0.2) is 0 Å². The number of rotatable bonds is 5. The number of alkyl halides is 7. The minimum atomic E-state index is -4.57. The Morgan fingerprint density at radius 1 is 0.825 bits per heavy atom. The van der Waals surface area contributed by atoms with Crippen LogP contribution >= 0.6 is 0 Å². The predicted octanol–water partition coefficient (Wildman–Crippen LogP) is 5.99. The van der Waals surface area contributed by atoms with E-state index in [1.807, 2.05) is 0 Å². The summed E-state index contributed by atoms with van der Waals surface area (Å²) >= 11 is 0. The van der Waals surface area contributed by atoms with Crippen LogP contribution in [0, 0.1) is 6.07 Å². The minimum absolute atomic E-state index is 0. The summed E-state index contributed by atoms with van der Waals surface area (Å²) in [6.07, 6.45) is -3.13. The van der Waals surface area contributed by atoms with Gasteiger partial charge in [-0.25, -0.2) is 0 Å². The Hall–Kier alpha value is -3.97. The summed E-state index contributed by atoms with van der Waals surface area (Å²) in [6.45, 7) is 0.158. The number of hydrogen-bond donors (Lipinski definition) is 0. The first-order chi connectivity index (χ1) is 18.4. The average Bonchev–Trinajstić information content (AvgIpc) is 3.59. The Morgan fingerprint density at radius 2 is 1.50 bits per heavy atom. The van der Waals surface area contributed by atoms with Gasteiger partial charge >= 0.3 is 18.0 Å². The van der Waals surface area contributed by atoms with Gasteiger partial charge in [0.25, 0.3) is 0 Å². The normalized spacial score (nSPS) is 11.8. The number of halogens is 7. The van der Waals surface area contributed by atoms with Crippen LogP contribution in [0.2, 0.25) is 0 Å². The van der Waals surface area contributed by atoms with E-state index in [0.717, 1.165) is 4.57 Å². The van der Waals surface area contributed by atoms with Crippen LogP contribution in [0.3, 0.4) is 0 Å². The number of hydrogen-bond acceptors (Lipinski definition) is 5. The summed E-state index contributed by atoms with van der Waals surface area (Å²) in [5.74, 6) is -11.2. The summed E-state index contributed by atoms with van der Waals surface area (Å²) in [5, 5.41) is 13.3. The van der Waals surface area contributed by atoms with Gasteiger partial charge in [-0.15, -0.1) is 41.0 Å². The Balaban J connectivity index is 0.000000238. The number of pyridine rings is 1. The molecule has 0 fully saturated rings. The molecule has 0 saturated heterocycles. The van der Waals surface area contributed by atoms with E-state index in [1.165, 1.54) is 24.4 Å². The van der Waals surface area contributed by atoms with Crippen molar-refractivity contribution in [3.8, 4) is 28.6 Å². The number of para-hydroxylation sites is 1. The third-order valence-corrected chi connectivity index (χ3v) is 5.06. The fourth-order valence-electron chi connectivity index (χ4n) is 3.18. The van der Waals surface area contributed by atoms with Crippen molar-refractivity contribution in [2.75, 3.05) is 0 Å². The largest absolute Gasteiger partial charge is 0.429 e. The van der Waals surface area contributed by atoms with Gasteiger partial charge in [0.1, 0.15) is 5.82 Å². The molecule has 5 rings (SSSR count). The molecule has 0 aliphatic heterocycles. The van der Waals surface area contributed by atoms with Crippen LogP contribution in [0.4, 0.5) is 30.7 Å². The van der Waals surface area contributed by atoms with Gasteiger partial charge in [-0.1, -0.05) is 24.3 Å². The molecule has 0 amide bonds. The Kier molecular flexibility index (Phi) is 9.21. The van der Waals surface area contributed by atoms with Crippen molar-refractivity contribution < 1.29 is 50.8 Å². The van der Waals surface area contributed by atoms with Crippen LogP contribution in [0.25, 0.3) is 28.6 Å². The second-order valence-corrected chi connectivity index (χ2v) is 7.93. The second kappa shape index (κ2) is 12.0. The molecule has 0 spiro atoms. The molecule has 1 radical (unpaired) electrons. The maximum Gasteiger partial charge on any atom is 0.429 e. The molecule has 211 valence electrons. The molecule has 0 aliphatic rings. The zero-order valence-corrected chi connectivity index (χ0v) is 22.5. The molecular formula is C25H16F7IrN7-2. The molecule has 40 heavy (non-hydrogen) atoms. The van der Waals surface area contributed by atoms with Crippen LogP contribution in [-0.4, -0.2) is 35.8 Å². The molecule has 3 heterocycles. The van der Waals surface area contributed by atoms with E-state index in [4.69, 9.17) is 0 Å². The first kappa shape index (κ1) is 30.6. The molecule has 0 N–H and O–H groups in total. The van der Waals surface area contributed by atoms with Gasteiger partial charge in [-0.2, -0.15) is 35.8 Å². The van der Waals surface area contributed by atoms with Crippen LogP contribution in [0.15, 0.2) is 79.0 Å². The molecule has 3 aromatic heterocycles. The number of aromatic nitrogens is 7. The fraction of sp³-hybridized carbons (Fsp3) is 0.160. The van der Waals surface area contributed by atoms with Crippen molar-refractivity contribution in [2.45, 2.75) is 24.9 Å². The van der Waals surface area contributed by atoms with E-state index in [9.17, 15) is 30.7 Å². The monoisotopic (exact) mass is 740 g/mol. The Morgan fingerprint density at radius 3 is 2.05 bits per heavy atom. The van der Waals surface area contributed by atoms with E-state index in [0.29, 0.717) is 5.56 Å². The number of nitrogens with zero attached hydrogens (tertiary/aromatic N) is 7. The molecule has 2 aromatic carbocycles. The number of benzene rings is 2. The topological polar surface area (TPSA) is 83.5 Å². The van der Waals surface area contributed by atoms with Gasteiger partial charge in [-0.05, 0) is 30.1 Å². The van der Waals surface area contributed by atoms with Crippen LogP contribution in [-0.2, 0) is 32.2 Å². The van der Waals surface area contributed by atoms with Gasteiger partial charge in [0.05, 0.1) is 11.5 Å². The maximum atomic E-state index is 14.3. The summed E-state index contributed by atoms with van der Waals surface area (Å²) in [5.41, 5.74) is 0.893. The Labute approximate surface area is 235 Å². The Bertz CT molecular complexity index is 1500. The third kappa shape index (κ3) is 6.59. The van der Waals surface area contributed by atoms with E-state index in [-0.39, 0.29) is 50.1 Å². The average molecular weight is 740 g/mol. The molecule has 0 aliphatic carbocycles. The van der Waals surface area contributed by atoms with E-state index in [2.05, 4.69) is 36.4 Å².